The second-order valence-corrected chi connectivity index (χ2v) is 6.61. The van der Waals surface area contributed by atoms with Crippen molar-refractivity contribution in [2.24, 2.45) is 7.05 Å². The molecule has 0 saturated carbocycles. The Labute approximate surface area is 152 Å². The molecule has 3 aromatic carbocycles. The zero-order chi connectivity index (χ0) is 17.5. The van der Waals surface area contributed by atoms with Crippen LogP contribution in [0.4, 0.5) is 0 Å². The number of aromatic nitrogens is 2. The fourth-order valence-electron chi connectivity index (χ4n) is 3.65. The van der Waals surface area contributed by atoms with Gasteiger partial charge in [-0.3, -0.25) is 0 Å². The molecular weight excluding hydrogens is 316 g/mol. The Morgan fingerprint density at radius 2 is 1.54 bits per heavy atom. The van der Waals surface area contributed by atoms with Gasteiger partial charge >= 0.3 is 0 Å². The summed E-state index contributed by atoms with van der Waals surface area (Å²) in [6, 6.07) is 27.6. The van der Waals surface area contributed by atoms with Gasteiger partial charge in [0, 0.05) is 34.2 Å². The molecule has 0 atom stereocenters. The van der Waals surface area contributed by atoms with Crippen molar-refractivity contribution in [1.82, 2.24) is 9.55 Å². The topological polar surface area (TPSA) is 17.8 Å². The first-order valence-electron chi connectivity index (χ1n) is 8.81. The highest BCUT2D eigenvalue weighted by atomic mass is 14.9. The number of rotatable bonds is 2. The van der Waals surface area contributed by atoms with Crippen molar-refractivity contribution in [2.75, 3.05) is 0 Å². The number of para-hydroxylation sites is 2. The summed E-state index contributed by atoms with van der Waals surface area (Å²) < 4.78 is 2.25. The third-order valence-corrected chi connectivity index (χ3v) is 5.00. The number of nitrogens with zero attached hydrogens (tertiary/aromatic N) is 2. The molecule has 0 bridgehead atoms. The quantitative estimate of drug-likeness (QED) is 0.384. The van der Waals surface area contributed by atoms with Crippen LogP contribution in [0.1, 0.15) is 11.3 Å². The molecule has 0 fully saturated rings. The number of fused-ring (bicyclic) bond motifs is 4. The van der Waals surface area contributed by atoms with E-state index in [9.17, 15) is 0 Å². The van der Waals surface area contributed by atoms with Gasteiger partial charge in [-0.15, -0.1) is 0 Å². The van der Waals surface area contributed by atoms with Gasteiger partial charge < -0.3 is 4.57 Å². The number of pyridine rings is 1. The maximum Gasteiger partial charge on any atom is 0.0709 e. The highest BCUT2D eigenvalue weighted by Gasteiger charge is 2.07. The highest BCUT2D eigenvalue weighted by molar-refractivity contribution is 6.08. The molecule has 2 heteroatoms. The monoisotopic (exact) mass is 334 g/mol. The maximum atomic E-state index is 4.72. The van der Waals surface area contributed by atoms with Gasteiger partial charge in [0.05, 0.1) is 11.2 Å². The predicted molar refractivity (Wildman–Crippen MR) is 111 cm³/mol. The summed E-state index contributed by atoms with van der Waals surface area (Å²) >= 11 is 0. The van der Waals surface area contributed by atoms with E-state index in [2.05, 4.69) is 90.5 Å². The predicted octanol–water partition coefficient (Wildman–Crippen LogP) is 6.05. The molecule has 0 aliphatic heterocycles. The Balaban J connectivity index is 1.58. The number of aryl methyl sites for hydroxylation is 1. The molecule has 0 aliphatic rings. The van der Waals surface area contributed by atoms with Crippen LogP contribution in [-0.2, 0) is 7.05 Å². The van der Waals surface area contributed by atoms with Crippen LogP contribution in [0.3, 0.4) is 0 Å². The second kappa shape index (κ2) is 5.85. The van der Waals surface area contributed by atoms with E-state index in [0.29, 0.717) is 0 Å². The lowest BCUT2D eigenvalue weighted by atomic mass is 10.1. The minimum Gasteiger partial charge on any atom is -0.344 e. The molecule has 5 aromatic rings. The average molecular weight is 334 g/mol. The molecule has 2 heterocycles. The Kier molecular flexibility index (Phi) is 3.36. The van der Waals surface area contributed by atoms with Crippen LogP contribution in [-0.4, -0.2) is 9.55 Å². The molecule has 2 aromatic heterocycles. The molecular formula is C24H18N2. The molecule has 0 radical (unpaired) electrons. The lowest BCUT2D eigenvalue weighted by molar-refractivity contribution is 1.01. The molecule has 0 N–H and O–H groups in total. The summed E-state index contributed by atoms with van der Waals surface area (Å²) in [5.74, 6) is 0. The lowest BCUT2D eigenvalue weighted by Crippen LogP contribution is -1.85. The summed E-state index contributed by atoms with van der Waals surface area (Å²) in [5.41, 5.74) is 5.71. The third-order valence-electron chi connectivity index (χ3n) is 5.00. The molecule has 5 rings (SSSR count). The summed E-state index contributed by atoms with van der Waals surface area (Å²) in [6.45, 7) is 0. The van der Waals surface area contributed by atoms with E-state index >= 15 is 0 Å². The Morgan fingerprint density at radius 1 is 0.731 bits per heavy atom. The minimum atomic E-state index is 0.974. The fraction of sp³-hybridized carbons (Fsp3) is 0.0417. The SMILES string of the molecule is Cn1c2ccccc2c2cc(/C=C/c3ccc4ccccc4n3)ccc21. The smallest absolute Gasteiger partial charge is 0.0709 e. The van der Waals surface area contributed by atoms with Crippen molar-refractivity contribution in [2.45, 2.75) is 0 Å². The van der Waals surface area contributed by atoms with Crippen molar-refractivity contribution in [3.8, 4) is 0 Å². The first-order valence-corrected chi connectivity index (χ1v) is 8.81. The van der Waals surface area contributed by atoms with Gasteiger partial charge in [-0.25, -0.2) is 4.98 Å². The van der Waals surface area contributed by atoms with Crippen molar-refractivity contribution < 1.29 is 0 Å². The van der Waals surface area contributed by atoms with Crippen LogP contribution in [0, 0.1) is 0 Å². The molecule has 0 amide bonds. The number of hydrogen-bond acceptors (Lipinski definition) is 1. The van der Waals surface area contributed by atoms with Gasteiger partial charge in [-0.05, 0) is 42.0 Å². The van der Waals surface area contributed by atoms with Crippen LogP contribution < -0.4 is 0 Å². The van der Waals surface area contributed by atoms with Crippen LogP contribution in [0.25, 0.3) is 44.9 Å². The van der Waals surface area contributed by atoms with Crippen molar-refractivity contribution in [1.29, 1.82) is 0 Å². The Bertz CT molecular complexity index is 1290. The van der Waals surface area contributed by atoms with Crippen molar-refractivity contribution >= 4 is 44.9 Å². The Hall–Kier alpha value is -3.39. The first-order chi connectivity index (χ1) is 12.8. The van der Waals surface area contributed by atoms with E-state index in [-0.39, 0.29) is 0 Å². The number of benzene rings is 3. The van der Waals surface area contributed by atoms with E-state index < -0.39 is 0 Å². The highest BCUT2D eigenvalue weighted by Crippen LogP contribution is 2.29. The molecule has 2 nitrogen and oxygen atoms in total. The minimum absolute atomic E-state index is 0.974. The van der Waals surface area contributed by atoms with Crippen molar-refractivity contribution in [3.63, 3.8) is 0 Å². The molecule has 0 aliphatic carbocycles. The second-order valence-electron chi connectivity index (χ2n) is 6.61. The van der Waals surface area contributed by atoms with E-state index in [0.717, 1.165) is 11.2 Å². The summed E-state index contributed by atoms with van der Waals surface area (Å²) in [7, 11) is 2.12. The van der Waals surface area contributed by atoms with Crippen LogP contribution >= 0.6 is 0 Å². The third kappa shape index (κ3) is 2.39. The summed E-state index contributed by atoms with van der Waals surface area (Å²) in [6.07, 6.45) is 4.22. The first kappa shape index (κ1) is 14.9. The van der Waals surface area contributed by atoms with E-state index in [1.54, 1.807) is 0 Å². The van der Waals surface area contributed by atoms with Gasteiger partial charge in [0.25, 0.3) is 0 Å². The van der Waals surface area contributed by atoms with Gasteiger partial charge in [0.15, 0.2) is 0 Å². The molecule has 0 saturated heterocycles. The van der Waals surface area contributed by atoms with Crippen LogP contribution in [0.5, 0.6) is 0 Å². The zero-order valence-electron chi connectivity index (χ0n) is 14.6. The molecule has 0 spiro atoms. The standard InChI is InChI=1S/C24H18N2/c1-26-23-9-5-3-7-20(23)21-16-17(11-15-24(21)26)10-13-19-14-12-18-6-2-4-8-22(18)25-19/h2-16H,1H3/b13-10+. The van der Waals surface area contributed by atoms with Crippen LogP contribution in [0.15, 0.2) is 78.9 Å². The van der Waals surface area contributed by atoms with E-state index in [1.165, 1.54) is 32.8 Å². The normalized spacial score (nSPS) is 11.9. The van der Waals surface area contributed by atoms with Crippen molar-refractivity contribution in [3.05, 3.63) is 90.1 Å². The lowest BCUT2D eigenvalue weighted by Gasteiger charge is -2.00. The van der Waals surface area contributed by atoms with E-state index in [4.69, 9.17) is 4.98 Å². The van der Waals surface area contributed by atoms with E-state index in [1.807, 2.05) is 12.1 Å². The fourth-order valence-corrected chi connectivity index (χ4v) is 3.65. The summed E-state index contributed by atoms with van der Waals surface area (Å²) in [5, 5.41) is 3.75. The molecule has 26 heavy (non-hydrogen) atoms. The van der Waals surface area contributed by atoms with Crippen LogP contribution in [0.2, 0.25) is 0 Å². The zero-order valence-corrected chi connectivity index (χ0v) is 14.6. The Morgan fingerprint density at radius 3 is 2.50 bits per heavy atom. The van der Waals surface area contributed by atoms with Gasteiger partial charge in [-0.1, -0.05) is 54.6 Å². The largest absolute Gasteiger partial charge is 0.344 e. The molecule has 124 valence electrons. The number of hydrogen-bond donors (Lipinski definition) is 0. The van der Waals surface area contributed by atoms with Gasteiger partial charge in [0.1, 0.15) is 0 Å². The van der Waals surface area contributed by atoms with Gasteiger partial charge in [-0.2, -0.15) is 0 Å². The summed E-state index contributed by atoms with van der Waals surface area (Å²) in [4.78, 5) is 4.72. The average Bonchev–Trinajstić information content (AvgIpc) is 2.98. The maximum absolute atomic E-state index is 4.72. The molecule has 0 unspecified atom stereocenters. The van der Waals surface area contributed by atoms with Gasteiger partial charge in [0.2, 0.25) is 0 Å².